The van der Waals surface area contributed by atoms with Gasteiger partial charge in [0, 0.05) is 0 Å². The van der Waals surface area contributed by atoms with Crippen molar-refractivity contribution in [2.45, 2.75) is 98.7 Å². The van der Waals surface area contributed by atoms with E-state index in [2.05, 4.69) is 85.3 Å². The summed E-state index contributed by atoms with van der Waals surface area (Å²) in [6.07, 6.45) is 5.93. The summed E-state index contributed by atoms with van der Waals surface area (Å²) in [6.45, 7) is 16.1. The van der Waals surface area contributed by atoms with Crippen LogP contribution < -0.4 is 0 Å². The fourth-order valence-corrected chi connectivity index (χ4v) is 3.55. The van der Waals surface area contributed by atoms with Gasteiger partial charge in [-0.15, -0.1) is 0 Å². The first-order valence-electron chi connectivity index (χ1n) is 9.39. The van der Waals surface area contributed by atoms with Crippen LogP contribution in [0.2, 0.25) is 0 Å². The second-order valence-corrected chi connectivity index (χ2v) is 6.85. The van der Waals surface area contributed by atoms with Gasteiger partial charge in [0.05, 0.1) is 0 Å². The van der Waals surface area contributed by atoms with Gasteiger partial charge < -0.3 is 14.2 Å². The third-order valence-corrected chi connectivity index (χ3v) is 5.10. The second-order valence-electron chi connectivity index (χ2n) is 6.85. The largest absolute Gasteiger partial charge is 0.362 e. The van der Waals surface area contributed by atoms with Crippen molar-refractivity contribution in [3.05, 3.63) is 0 Å². The van der Waals surface area contributed by atoms with Crippen molar-refractivity contribution in [3.63, 3.8) is 0 Å². The van der Waals surface area contributed by atoms with Gasteiger partial charge in [0.15, 0.2) is 0 Å². The molecule has 0 aromatic rings. The highest BCUT2D eigenvalue weighted by Gasteiger charge is 2.36. The molecule has 0 saturated carbocycles. The Bertz CT molecular complexity index is 276. The van der Waals surface area contributed by atoms with Gasteiger partial charge in [-0.2, -0.15) is 0 Å². The van der Waals surface area contributed by atoms with Gasteiger partial charge in [-0.25, -0.2) is 0 Å². The lowest BCUT2D eigenvalue weighted by Crippen LogP contribution is -2.68. The van der Waals surface area contributed by atoms with Gasteiger partial charge in [-0.1, -0.05) is 48.5 Å². The molecule has 1 atom stereocenters. The van der Waals surface area contributed by atoms with Gasteiger partial charge >= 0.3 is 0 Å². The lowest BCUT2D eigenvalue weighted by atomic mass is 9.68. The van der Waals surface area contributed by atoms with E-state index in [1.54, 1.807) is 0 Å². The van der Waals surface area contributed by atoms with Crippen molar-refractivity contribution in [2.24, 2.45) is 5.92 Å². The topological polar surface area (TPSA) is 9.72 Å². The van der Waals surface area contributed by atoms with E-state index in [-0.39, 0.29) is 0 Å². The molecule has 1 aliphatic heterocycles. The first-order chi connectivity index (χ1) is 10.5. The average molecular weight is 302 g/mol. The summed E-state index contributed by atoms with van der Waals surface area (Å²) in [6, 6.07) is 1.76. The molecule has 3 radical (unpaired) electrons. The summed E-state index contributed by atoms with van der Waals surface area (Å²) in [7, 11) is 7.01. The van der Waals surface area contributed by atoms with Crippen LogP contribution in [-0.2, 0) is 0 Å². The Morgan fingerprint density at radius 2 is 0.955 bits per heavy atom. The van der Waals surface area contributed by atoms with Crippen LogP contribution in [0.1, 0.15) is 80.6 Å². The zero-order valence-electron chi connectivity index (χ0n) is 15.9. The summed E-state index contributed by atoms with van der Waals surface area (Å²) in [5, 5.41) is 0. The van der Waals surface area contributed by atoms with E-state index in [4.69, 9.17) is 0 Å². The molecule has 0 aliphatic carbocycles. The lowest BCUT2D eigenvalue weighted by molar-refractivity contribution is 0.284. The average Bonchev–Trinajstić information content (AvgIpc) is 2.50. The molecule has 22 heavy (non-hydrogen) atoms. The van der Waals surface area contributed by atoms with Crippen molar-refractivity contribution in [3.8, 4) is 0 Å². The van der Waals surface area contributed by atoms with Crippen LogP contribution in [0, 0.1) is 5.92 Å². The van der Waals surface area contributed by atoms with E-state index in [1.807, 2.05) is 0 Å². The van der Waals surface area contributed by atoms with Gasteiger partial charge in [-0.3, -0.25) is 0 Å². The van der Waals surface area contributed by atoms with Crippen LogP contribution in [-0.4, -0.2) is 54.9 Å². The zero-order chi connectivity index (χ0) is 16.7. The Hall–Kier alpha value is 0.0748. The smallest absolute Gasteiger partial charge is 0.290 e. The van der Waals surface area contributed by atoms with Crippen molar-refractivity contribution in [2.75, 3.05) is 0 Å². The molecule has 0 spiro atoms. The molecule has 1 aliphatic rings. The predicted molar refractivity (Wildman–Crippen MR) is 100 cm³/mol. The van der Waals surface area contributed by atoms with Gasteiger partial charge in [0.2, 0.25) is 0 Å². The van der Waals surface area contributed by atoms with Crippen molar-refractivity contribution >= 4 is 22.6 Å². The minimum Gasteiger partial charge on any atom is -0.362 e. The van der Waals surface area contributed by atoms with E-state index >= 15 is 0 Å². The first kappa shape index (κ1) is 20.1. The normalized spacial score (nSPS) is 19.4. The van der Waals surface area contributed by atoms with Crippen LogP contribution in [0.4, 0.5) is 0 Å². The van der Waals surface area contributed by atoms with Crippen LogP contribution in [0.5, 0.6) is 0 Å². The monoisotopic (exact) mass is 302 g/mol. The van der Waals surface area contributed by atoms with Gasteiger partial charge in [0.1, 0.15) is 0 Å². The highest BCUT2D eigenvalue weighted by molar-refractivity contribution is 6.65. The standard InChI is InChI=1S/C16H35B3N3/c1-8-14(9-2)20-17-21(15(10-3)11-4)19-22(18-20)16(12-5)13(6)7/h13-16H,8-12H2,1-7H3. The lowest BCUT2D eigenvalue weighted by Gasteiger charge is -2.49. The molecule has 0 bridgehead atoms. The third kappa shape index (κ3) is 5.04. The summed E-state index contributed by atoms with van der Waals surface area (Å²) >= 11 is 0. The Morgan fingerprint density at radius 3 is 1.23 bits per heavy atom. The molecular formula is C16H35B3N3. The third-order valence-electron chi connectivity index (χ3n) is 5.10. The van der Waals surface area contributed by atoms with E-state index in [0.717, 1.165) is 0 Å². The predicted octanol–water partition coefficient (Wildman–Crippen LogP) is 3.32. The molecule has 1 heterocycles. The number of hydrogen-bond donors (Lipinski definition) is 0. The maximum Gasteiger partial charge on any atom is 0.290 e. The molecular weight excluding hydrogens is 267 g/mol. The Labute approximate surface area is 142 Å². The van der Waals surface area contributed by atoms with E-state index in [9.17, 15) is 0 Å². The Morgan fingerprint density at radius 1 is 0.591 bits per heavy atom. The second kappa shape index (κ2) is 10.0. The molecule has 0 aromatic heterocycles. The van der Waals surface area contributed by atoms with Crippen molar-refractivity contribution in [1.29, 1.82) is 0 Å². The molecule has 1 rings (SSSR count). The van der Waals surface area contributed by atoms with Gasteiger partial charge in [-0.05, 0) is 56.1 Å². The molecule has 1 saturated heterocycles. The van der Waals surface area contributed by atoms with Crippen LogP contribution in [0.15, 0.2) is 0 Å². The summed E-state index contributed by atoms with van der Waals surface area (Å²) < 4.78 is 7.36. The zero-order valence-corrected chi connectivity index (χ0v) is 15.9. The van der Waals surface area contributed by atoms with Crippen LogP contribution in [0.25, 0.3) is 0 Å². The Kier molecular flexibility index (Phi) is 9.19. The molecule has 0 aromatic carbocycles. The molecule has 0 amide bonds. The number of nitrogens with zero attached hydrogens (tertiary/aromatic N) is 3. The minimum atomic E-state index is 0.572. The Balaban J connectivity index is 2.92. The number of rotatable bonds is 9. The molecule has 0 N–H and O–H groups in total. The fourth-order valence-electron chi connectivity index (χ4n) is 3.55. The number of hydrogen-bond acceptors (Lipinski definition) is 3. The molecule has 3 nitrogen and oxygen atoms in total. The van der Waals surface area contributed by atoms with E-state index < -0.39 is 0 Å². The van der Waals surface area contributed by atoms with Gasteiger partial charge in [0.25, 0.3) is 22.6 Å². The van der Waals surface area contributed by atoms with Crippen LogP contribution >= 0.6 is 0 Å². The van der Waals surface area contributed by atoms with Crippen molar-refractivity contribution in [1.82, 2.24) is 14.2 Å². The first-order valence-corrected chi connectivity index (χ1v) is 9.39. The highest BCUT2D eigenvalue weighted by atomic mass is 15.3. The van der Waals surface area contributed by atoms with E-state index in [0.29, 0.717) is 24.0 Å². The van der Waals surface area contributed by atoms with E-state index in [1.165, 1.54) is 32.1 Å². The highest BCUT2D eigenvalue weighted by Crippen LogP contribution is 2.21. The minimum absolute atomic E-state index is 0.572. The molecule has 1 fully saturated rings. The quantitative estimate of drug-likeness (QED) is 0.605. The molecule has 123 valence electrons. The fraction of sp³-hybridized carbons (Fsp3) is 1.00. The maximum atomic E-state index is 2.46. The molecule has 1 unspecified atom stereocenters. The SMILES string of the molecule is CCC(CC)N1[B]N(C(CC)CC)[B]N(C(CC)C(C)C)[B]1. The van der Waals surface area contributed by atoms with Crippen LogP contribution in [0.3, 0.4) is 0 Å². The summed E-state index contributed by atoms with van der Waals surface area (Å²) in [5.74, 6) is 0.655. The molecule has 6 heteroatoms. The summed E-state index contributed by atoms with van der Waals surface area (Å²) in [4.78, 5) is 0. The maximum absolute atomic E-state index is 2.46. The van der Waals surface area contributed by atoms with Crippen molar-refractivity contribution < 1.29 is 0 Å². The summed E-state index contributed by atoms with van der Waals surface area (Å²) in [5.41, 5.74) is 0.